The third-order valence-electron chi connectivity index (χ3n) is 2.49. The Kier molecular flexibility index (Phi) is 6.15. The van der Waals surface area contributed by atoms with Crippen LogP contribution < -0.4 is 10.1 Å². The smallest absolute Gasteiger partial charge is 0.251 e. The summed E-state index contributed by atoms with van der Waals surface area (Å²) in [6.45, 7) is 5.48. The van der Waals surface area contributed by atoms with Crippen LogP contribution in [0.15, 0.2) is 24.3 Å². The van der Waals surface area contributed by atoms with Crippen molar-refractivity contribution >= 4 is 5.91 Å². The van der Waals surface area contributed by atoms with Gasteiger partial charge in [-0.25, -0.2) is 0 Å². The Labute approximate surface area is 103 Å². The second kappa shape index (κ2) is 7.71. The van der Waals surface area contributed by atoms with Gasteiger partial charge in [0.25, 0.3) is 5.91 Å². The molecule has 0 aromatic heterocycles. The fraction of sp³-hybridized carbons (Fsp3) is 0.500. The number of benzene rings is 1. The van der Waals surface area contributed by atoms with Crippen LogP contribution in [0.4, 0.5) is 0 Å². The van der Waals surface area contributed by atoms with Crippen LogP contribution in [0, 0.1) is 0 Å². The second-order valence-corrected chi connectivity index (χ2v) is 3.92. The lowest BCUT2D eigenvalue weighted by Crippen LogP contribution is -2.24. The molecule has 0 atom stereocenters. The topological polar surface area (TPSA) is 38.3 Å². The second-order valence-electron chi connectivity index (χ2n) is 3.92. The first-order valence-corrected chi connectivity index (χ1v) is 6.29. The molecule has 0 fully saturated rings. The zero-order chi connectivity index (χ0) is 12.5. The molecule has 0 aliphatic rings. The average molecular weight is 235 g/mol. The third kappa shape index (κ3) is 4.89. The number of hydrogen-bond donors (Lipinski definition) is 1. The van der Waals surface area contributed by atoms with Crippen LogP contribution in [0.3, 0.4) is 0 Å². The lowest BCUT2D eigenvalue weighted by atomic mass is 10.2. The van der Waals surface area contributed by atoms with Gasteiger partial charge < -0.3 is 10.1 Å². The first kappa shape index (κ1) is 13.6. The van der Waals surface area contributed by atoms with E-state index in [-0.39, 0.29) is 5.91 Å². The van der Waals surface area contributed by atoms with E-state index >= 15 is 0 Å². The molecule has 1 N–H and O–H groups in total. The van der Waals surface area contributed by atoms with Gasteiger partial charge in [-0.3, -0.25) is 4.79 Å². The van der Waals surface area contributed by atoms with Gasteiger partial charge in [-0.1, -0.05) is 19.8 Å². The number of rotatable bonds is 7. The molecule has 1 rings (SSSR count). The molecule has 94 valence electrons. The Bertz CT molecular complexity index is 333. The summed E-state index contributed by atoms with van der Waals surface area (Å²) in [6.07, 6.45) is 3.36. The summed E-state index contributed by atoms with van der Waals surface area (Å²) in [5.41, 5.74) is 0.685. The summed E-state index contributed by atoms with van der Waals surface area (Å²) < 4.78 is 5.32. The molecule has 17 heavy (non-hydrogen) atoms. The van der Waals surface area contributed by atoms with E-state index in [2.05, 4.69) is 12.2 Å². The highest BCUT2D eigenvalue weighted by atomic mass is 16.5. The van der Waals surface area contributed by atoms with E-state index in [9.17, 15) is 4.79 Å². The zero-order valence-corrected chi connectivity index (χ0v) is 10.7. The minimum Gasteiger partial charge on any atom is -0.494 e. The van der Waals surface area contributed by atoms with Crippen LogP contribution in [0.25, 0.3) is 0 Å². The lowest BCUT2D eigenvalue weighted by molar-refractivity contribution is 0.0953. The Hall–Kier alpha value is -1.51. The number of unbranched alkanes of at least 4 members (excludes halogenated alkanes) is 2. The third-order valence-corrected chi connectivity index (χ3v) is 2.49. The Balaban J connectivity index is 2.40. The number of carbonyl (C=O) groups excluding carboxylic acids is 1. The highest BCUT2D eigenvalue weighted by molar-refractivity contribution is 5.94. The average Bonchev–Trinajstić information content (AvgIpc) is 2.36. The van der Waals surface area contributed by atoms with Crippen LogP contribution >= 0.6 is 0 Å². The van der Waals surface area contributed by atoms with Crippen molar-refractivity contribution in [3.63, 3.8) is 0 Å². The van der Waals surface area contributed by atoms with Crippen molar-refractivity contribution in [2.75, 3.05) is 13.2 Å². The van der Waals surface area contributed by atoms with Gasteiger partial charge in [0.15, 0.2) is 0 Å². The van der Waals surface area contributed by atoms with Gasteiger partial charge in [-0.05, 0) is 37.6 Å². The number of nitrogens with one attached hydrogen (secondary N) is 1. The fourth-order valence-corrected chi connectivity index (χ4v) is 1.55. The molecule has 0 aliphatic heterocycles. The van der Waals surface area contributed by atoms with E-state index < -0.39 is 0 Å². The summed E-state index contributed by atoms with van der Waals surface area (Å²) in [7, 11) is 0. The SMILES string of the molecule is CCCCCNC(=O)c1ccc(OCC)cc1. The van der Waals surface area contributed by atoms with Crippen molar-refractivity contribution in [1.29, 1.82) is 0 Å². The monoisotopic (exact) mass is 235 g/mol. The summed E-state index contributed by atoms with van der Waals surface area (Å²) in [6, 6.07) is 7.23. The van der Waals surface area contributed by atoms with E-state index in [1.807, 2.05) is 19.1 Å². The molecule has 1 amide bonds. The van der Waals surface area contributed by atoms with Gasteiger partial charge >= 0.3 is 0 Å². The van der Waals surface area contributed by atoms with Crippen LogP contribution in [0.1, 0.15) is 43.5 Å². The van der Waals surface area contributed by atoms with E-state index in [1.165, 1.54) is 6.42 Å². The maximum absolute atomic E-state index is 11.7. The molecular weight excluding hydrogens is 214 g/mol. The molecule has 0 spiro atoms. The number of amides is 1. The highest BCUT2D eigenvalue weighted by Gasteiger charge is 2.04. The largest absolute Gasteiger partial charge is 0.494 e. The molecule has 0 saturated heterocycles. The van der Waals surface area contributed by atoms with Gasteiger partial charge in [0, 0.05) is 12.1 Å². The van der Waals surface area contributed by atoms with Crippen LogP contribution in [-0.4, -0.2) is 19.1 Å². The molecule has 0 saturated carbocycles. The minimum atomic E-state index is -0.0100. The summed E-state index contributed by atoms with van der Waals surface area (Å²) in [5.74, 6) is 0.791. The molecule has 1 aromatic carbocycles. The van der Waals surface area contributed by atoms with Gasteiger partial charge in [0.2, 0.25) is 0 Å². The van der Waals surface area contributed by atoms with Gasteiger partial charge in [-0.15, -0.1) is 0 Å². The predicted molar refractivity (Wildman–Crippen MR) is 69.5 cm³/mol. The molecule has 3 heteroatoms. The number of hydrogen-bond acceptors (Lipinski definition) is 2. The molecular formula is C14H21NO2. The van der Waals surface area contributed by atoms with E-state index in [1.54, 1.807) is 12.1 Å². The first-order chi connectivity index (χ1) is 8.27. The predicted octanol–water partition coefficient (Wildman–Crippen LogP) is 3.01. The van der Waals surface area contributed by atoms with Crippen molar-refractivity contribution in [2.24, 2.45) is 0 Å². The van der Waals surface area contributed by atoms with Crippen LogP contribution in [-0.2, 0) is 0 Å². The standard InChI is InChI=1S/C14H21NO2/c1-3-5-6-11-15-14(16)12-7-9-13(10-8-12)17-4-2/h7-10H,3-6,11H2,1-2H3,(H,15,16). The van der Waals surface area contributed by atoms with Crippen LogP contribution in [0.5, 0.6) is 5.75 Å². The van der Waals surface area contributed by atoms with Gasteiger partial charge in [0.05, 0.1) is 6.61 Å². The molecule has 3 nitrogen and oxygen atoms in total. The molecule has 0 radical (unpaired) electrons. The molecule has 0 heterocycles. The van der Waals surface area contributed by atoms with Crippen molar-refractivity contribution in [3.05, 3.63) is 29.8 Å². The first-order valence-electron chi connectivity index (χ1n) is 6.29. The minimum absolute atomic E-state index is 0.0100. The number of carbonyl (C=O) groups is 1. The van der Waals surface area contributed by atoms with E-state index in [0.29, 0.717) is 12.2 Å². The Morgan fingerprint density at radius 2 is 1.88 bits per heavy atom. The number of ether oxygens (including phenoxy) is 1. The lowest BCUT2D eigenvalue weighted by Gasteiger charge is -2.06. The van der Waals surface area contributed by atoms with Crippen molar-refractivity contribution in [1.82, 2.24) is 5.32 Å². The molecule has 0 bridgehead atoms. The molecule has 0 aliphatic carbocycles. The van der Waals surface area contributed by atoms with E-state index in [0.717, 1.165) is 25.1 Å². The van der Waals surface area contributed by atoms with E-state index in [4.69, 9.17) is 4.74 Å². The molecule has 0 unspecified atom stereocenters. The maximum Gasteiger partial charge on any atom is 0.251 e. The van der Waals surface area contributed by atoms with Gasteiger partial charge in [-0.2, -0.15) is 0 Å². The van der Waals surface area contributed by atoms with Crippen molar-refractivity contribution in [3.8, 4) is 5.75 Å². The van der Waals surface area contributed by atoms with Crippen molar-refractivity contribution < 1.29 is 9.53 Å². The quantitative estimate of drug-likeness (QED) is 0.738. The maximum atomic E-state index is 11.7. The molecule has 1 aromatic rings. The normalized spacial score (nSPS) is 10.0. The Morgan fingerprint density at radius 1 is 1.18 bits per heavy atom. The summed E-state index contributed by atoms with van der Waals surface area (Å²) in [5, 5.41) is 2.91. The van der Waals surface area contributed by atoms with Gasteiger partial charge in [0.1, 0.15) is 5.75 Å². The van der Waals surface area contributed by atoms with Crippen molar-refractivity contribution in [2.45, 2.75) is 33.1 Å². The summed E-state index contributed by atoms with van der Waals surface area (Å²) >= 11 is 0. The Morgan fingerprint density at radius 3 is 2.47 bits per heavy atom. The zero-order valence-electron chi connectivity index (χ0n) is 10.7. The fourth-order valence-electron chi connectivity index (χ4n) is 1.55. The van der Waals surface area contributed by atoms with Crippen LogP contribution in [0.2, 0.25) is 0 Å². The highest BCUT2D eigenvalue weighted by Crippen LogP contribution is 2.11. The summed E-state index contributed by atoms with van der Waals surface area (Å²) in [4.78, 5) is 11.7.